The molecule has 1 unspecified atom stereocenters. The molecule has 2 rings (SSSR count). The van der Waals surface area contributed by atoms with Gasteiger partial charge in [-0.25, -0.2) is 13.6 Å². The largest absolute Gasteiger partial charge is 0.350 e. The molecule has 26 heavy (non-hydrogen) atoms. The van der Waals surface area contributed by atoms with Crippen molar-refractivity contribution in [3.05, 3.63) is 70.8 Å². The highest BCUT2D eigenvalue weighted by atomic mass is 32.2. The monoisotopic (exact) mass is 375 g/mol. The summed E-state index contributed by atoms with van der Waals surface area (Å²) in [5.41, 5.74) is 9.16. The van der Waals surface area contributed by atoms with Gasteiger partial charge in [-0.05, 0) is 34.7 Å². The molecule has 5 N–H and O–H groups in total. The van der Waals surface area contributed by atoms with Crippen LogP contribution in [-0.2, 0) is 15.8 Å². The van der Waals surface area contributed by atoms with Crippen molar-refractivity contribution in [2.24, 2.45) is 10.9 Å². The number of amides is 1. The first-order valence-electron chi connectivity index (χ1n) is 8.39. The van der Waals surface area contributed by atoms with E-state index in [9.17, 15) is 13.2 Å². The van der Waals surface area contributed by atoms with Crippen LogP contribution in [0.1, 0.15) is 52.9 Å². The van der Waals surface area contributed by atoms with E-state index in [0.29, 0.717) is 17.0 Å². The van der Waals surface area contributed by atoms with Gasteiger partial charge >= 0.3 is 0 Å². The number of primary sulfonamides is 1. The van der Waals surface area contributed by atoms with Crippen LogP contribution in [-0.4, -0.2) is 20.9 Å². The molecule has 0 fully saturated rings. The Morgan fingerprint density at radius 2 is 1.69 bits per heavy atom. The fourth-order valence-electron chi connectivity index (χ4n) is 2.59. The first-order valence-corrected chi connectivity index (χ1v) is 10.1. The smallest absolute Gasteiger partial charge is 0.251 e. The van der Waals surface area contributed by atoms with Crippen LogP contribution in [0.3, 0.4) is 0 Å². The van der Waals surface area contributed by atoms with Gasteiger partial charge in [0.1, 0.15) is 0 Å². The van der Waals surface area contributed by atoms with Crippen molar-refractivity contribution in [1.29, 1.82) is 0 Å². The van der Waals surface area contributed by atoms with Crippen LogP contribution in [0.25, 0.3) is 0 Å². The summed E-state index contributed by atoms with van der Waals surface area (Å²) >= 11 is 0. The second-order valence-electron chi connectivity index (χ2n) is 6.65. The second kappa shape index (κ2) is 8.44. The number of nitrogens with one attached hydrogen (secondary N) is 1. The number of rotatable bonds is 7. The Bertz CT molecular complexity index is 862. The molecule has 7 heteroatoms. The van der Waals surface area contributed by atoms with Gasteiger partial charge < -0.3 is 11.1 Å². The highest BCUT2D eigenvalue weighted by molar-refractivity contribution is 7.88. The third kappa shape index (κ3) is 5.94. The Kier molecular flexibility index (Phi) is 6.52. The number of carbonyl (C=O) groups is 1. The van der Waals surface area contributed by atoms with Crippen molar-refractivity contribution in [1.82, 2.24) is 5.32 Å². The molecular formula is C19H25N3O3S. The summed E-state index contributed by atoms with van der Waals surface area (Å²) < 4.78 is 22.4. The summed E-state index contributed by atoms with van der Waals surface area (Å²) in [7, 11) is -3.64. The SMILES string of the molecule is CC(C)c1ccc(C(N)CNC(=O)c2cccc(CS(N)(=O)=O)c2)cc1. The fraction of sp³-hybridized carbons (Fsp3) is 0.316. The third-order valence-corrected chi connectivity index (χ3v) is 4.81. The van der Waals surface area contributed by atoms with Crippen LogP contribution < -0.4 is 16.2 Å². The standard InChI is InChI=1S/C19H25N3O3S/c1-13(2)15-6-8-16(9-7-15)18(20)11-22-19(23)17-5-3-4-14(10-17)12-26(21,24)25/h3-10,13,18H,11-12,20H2,1-2H3,(H,22,23)(H2,21,24,25). The molecule has 140 valence electrons. The number of benzene rings is 2. The Hall–Kier alpha value is -2.22. The van der Waals surface area contributed by atoms with Gasteiger partial charge in [-0.3, -0.25) is 4.79 Å². The fourth-order valence-corrected chi connectivity index (χ4v) is 3.23. The van der Waals surface area contributed by atoms with E-state index < -0.39 is 10.0 Å². The minimum absolute atomic E-state index is 0.277. The van der Waals surface area contributed by atoms with E-state index in [1.165, 1.54) is 11.6 Å². The molecule has 0 spiro atoms. The first-order chi connectivity index (χ1) is 12.2. The summed E-state index contributed by atoms with van der Waals surface area (Å²) in [6, 6.07) is 14.1. The van der Waals surface area contributed by atoms with Crippen LogP contribution in [0.5, 0.6) is 0 Å². The van der Waals surface area contributed by atoms with Crippen LogP contribution >= 0.6 is 0 Å². The molecule has 1 atom stereocenters. The van der Waals surface area contributed by atoms with E-state index >= 15 is 0 Å². The summed E-state index contributed by atoms with van der Waals surface area (Å²) in [5.74, 6) is -0.171. The minimum Gasteiger partial charge on any atom is -0.350 e. The quantitative estimate of drug-likeness (QED) is 0.686. The number of hydrogen-bond donors (Lipinski definition) is 3. The van der Waals surface area contributed by atoms with Gasteiger partial charge in [-0.1, -0.05) is 50.2 Å². The molecule has 2 aromatic carbocycles. The molecule has 0 bridgehead atoms. The van der Waals surface area contributed by atoms with Gasteiger partial charge in [-0.15, -0.1) is 0 Å². The Labute approximate surface area is 154 Å². The van der Waals surface area contributed by atoms with Crippen molar-refractivity contribution in [3.63, 3.8) is 0 Å². The van der Waals surface area contributed by atoms with Gasteiger partial charge in [0.2, 0.25) is 10.0 Å². The van der Waals surface area contributed by atoms with Crippen LogP contribution in [0, 0.1) is 0 Å². The van der Waals surface area contributed by atoms with E-state index in [0.717, 1.165) is 5.56 Å². The zero-order chi connectivity index (χ0) is 19.3. The zero-order valence-electron chi connectivity index (χ0n) is 15.0. The molecule has 0 saturated carbocycles. The predicted octanol–water partition coefficient (Wildman–Crippen LogP) is 2.03. The lowest BCUT2D eigenvalue weighted by atomic mass is 9.99. The van der Waals surface area contributed by atoms with Gasteiger partial charge in [0, 0.05) is 18.2 Å². The van der Waals surface area contributed by atoms with Crippen molar-refractivity contribution >= 4 is 15.9 Å². The summed E-state index contributed by atoms with van der Waals surface area (Å²) in [4.78, 5) is 12.3. The maximum Gasteiger partial charge on any atom is 0.251 e. The molecule has 0 aliphatic rings. The third-order valence-electron chi connectivity index (χ3n) is 4.07. The molecule has 0 saturated heterocycles. The van der Waals surface area contributed by atoms with Crippen LogP contribution in [0.15, 0.2) is 48.5 Å². The van der Waals surface area contributed by atoms with E-state index in [4.69, 9.17) is 10.9 Å². The Balaban J connectivity index is 1.98. The summed E-state index contributed by atoms with van der Waals surface area (Å²) in [6.45, 7) is 4.53. The minimum atomic E-state index is -3.64. The normalized spacial score (nSPS) is 12.8. The average Bonchev–Trinajstić information content (AvgIpc) is 2.58. The molecule has 6 nitrogen and oxygen atoms in total. The number of carbonyl (C=O) groups excluding carboxylic acids is 1. The van der Waals surface area contributed by atoms with Crippen molar-refractivity contribution in [2.75, 3.05) is 6.54 Å². The molecule has 0 radical (unpaired) electrons. The topological polar surface area (TPSA) is 115 Å². The maximum absolute atomic E-state index is 12.3. The van der Waals surface area contributed by atoms with Crippen molar-refractivity contribution in [2.45, 2.75) is 31.6 Å². The maximum atomic E-state index is 12.3. The molecule has 0 heterocycles. The van der Waals surface area contributed by atoms with Crippen LogP contribution in [0.4, 0.5) is 0 Å². The Morgan fingerprint density at radius 1 is 1.08 bits per heavy atom. The molecule has 2 aromatic rings. The number of nitrogens with two attached hydrogens (primary N) is 2. The van der Waals surface area contributed by atoms with E-state index in [1.54, 1.807) is 18.2 Å². The van der Waals surface area contributed by atoms with Crippen molar-refractivity contribution < 1.29 is 13.2 Å². The summed E-state index contributed by atoms with van der Waals surface area (Å²) in [5, 5.41) is 7.82. The van der Waals surface area contributed by atoms with E-state index in [-0.39, 0.29) is 24.2 Å². The van der Waals surface area contributed by atoms with Crippen LogP contribution in [0.2, 0.25) is 0 Å². The zero-order valence-corrected chi connectivity index (χ0v) is 15.8. The lowest BCUT2D eigenvalue weighted by Gasteiger charge is -2.15. The second-order valence-corrected chi connectivity index (χ2v) is 8.26. The number of sulfonamides is 1. The highest BCUT2D eigenvalue weighted by Gasteiger charge is 2.12. The first kappa shape index (κ1) is 20.1. The van der Waals surface area contributed by atoms with Crippen molar-refractivity contribution in [3.8, 4) is 0 Å². The molecular weight excluding hydrogens is 350 g/mol. The highest BCUT2D eigenvalue weighted by Crippen LogP contribution is 2.17. The molecule has 1 amide bonds. The Morgan fingerprint density at radius 3 is 2.27 bits per heavy atom. The van der Waals surface area contributed by atoms with Gasteiger partial charge in [0.25, 0.3) is 5.91 Å². The van der Waals surface area contributed by atoms with E-state index in [2.05, 4.69) is 19.2 Å². The molecule has 0 aliphatic carbocycles. The van der Waals surface area contributed by atoms with Gasteiger partial charge in [0.05, 0.1) is 5.75 Å². The molecule has 0 aromatic heterocycles. The molecule has 0 aliphatic heterocycles. The van der Waals surface area contributed by atoms with E-state index in [1.807, 2.05) is 24.3 Å². The summed E-state index contributed by atoms with van der Waals surface area (Å²) in [6.07, 6.45) is 0. The lowest BCUT2D eigenvalue weighted by Crippen LogP contribution is -2.32. The van der Waals surface area contributed by atoms with Gasteiger partial charge in [-0.2, -0.15) is 0 Å². The predicted molar refractivity (Wildman–Crippen MR) is 103 cm³/mol. The average molecular weight is 375 g/mol. The lowest BCUT2D eigenvalue weighted by molar-refractivity contribution is 0.0951. The number of hydrogen-bond acceptors (Lipinski definition) is 4. The van der Waals surface area contributed by atoms with Gasteiger partial charge in [0.15, 0.2) is 0 Å².